The van der Waals surface area contributed by atoms with Gasteiger partial charge in [0.2, 0.25) is 11.8 Å². The minimum Gasteiger partial charge on any atom is -0.370 e. The van der Waals surface area contributed by atoms with Crippen LogP contribution in [0, 0.1) is 5.41 Å². The maximum atomic E-state index is 13.1. The van der Waals surface area contributed by atoms with E-state index in [9.17, 15) is 14.4 Å². The van der Waals surface area contributed by atoms with E-state index in [1.165, 1.54) is 18.5 Å². The number of piperidine rings is 2. The van der Waals surface area contributed by atoms with E-state index in [1.807, 2.05) is 31.7 Å². The van der Waals surface area contributed by atoms with Crippen molar-refractivity contribution in [3.05, 3.63) is 47.5 Å². The molecule has 1 unspecified atom stereocenters. The van der Waals surface area contributed by atoms with Crippen molar-refractivity contribution in [3.63, 3.8) is 0 Å². The number of amides is 3. The molecule has 178 valence electrons. The fraction of sp³-hybridized carbons (Fsp3) is 0.520. The van der Waals surface area contributed by atoms with Gasteiger partial charge in [-0.15, -0.1) is 0 Å². The highest BCUT2D eigenvalue weighted by Crippen LogP contribution is 2.45. The molecule has 1 aromatic carbocycles. The molecular weight excluding hydrogens is 432 g/mol. The van der Waals surface area contributed by atoms with Crippen molar-refractivity contribution in [3.8, 4) is 0 Å². The van der Waals surface area contributed by atoms with Crippen LogP contribution in [0.15, 0.2) is 30.7 Å². The van der Waals surface area contributed by atoms with Crippen molar-refractivity contribution in [1.82, 2.24) is 24.7 Å². The van der Waals surface area contributed by atoms with Crippen molar-refractivity contribution in [2.45, 2.75) is 44.8 Å². The largest absolute Gasteiger partial charge is 0.370 e. The Morgan fingerprint density at radius 3 is 2.65 bits per heavy atom. The first-order chi connectivity index (χ1) is 16.4. The molecule has 5 heterocycles. The Kier molecular flexibility index (Phi) is 4.98. The number of carbonyl (C=O) groups is 3. The minimum absolute atomic E-state index is 0.106. The molecule has 6 rings (SSSR count). The Balaban J connectivity index is 1.11. The number of likely N-dealkylation sites (tertiary alicyclic amines) is 1. The van der Waals surface area contributed by atoms with Gasteiger partial charge >= 0.3 is 0 Å². The van der Waals surface area contributed by atoms with Gasteiger partial charge in [0.15, 0.2) is 0 Å². The molecule has 0 bridgehead atoms. The maximum absolute atomic E-state index is 13.1. The average molecular weight is 463 g/mol. The van der Waals surface area contributed by atoms with Gasteiger partial charge in [-0.1, -0.05) is 6.07 Å². The summed E-state index contributed by atoms with van der Waals surface area (Å²) < 4.78 is 2.09. The summed E-state index contributed by atoms with van der Waals surface area (Å²) in [7, 11) is 2.04. The van der Waals surface area contributed by atoms with Crippen molar-refractivity contribution in [1.29, 1.82) is 0 Å². The summed E-state index contributed by atoms with van der Waals surface area (Å²) in [6.45, 7) is 5.58. The Bertz CT molecular complexity index is 1160. The zero-order valence-corrected chi connectivity index (χ0v) is 19.5. The molecule has 9 heteroatoms. The van der Waals surface area contributed by atoms with Gasteiger partial charge in [-0.3, -0.25) is 24.6 Å². The van der Waals surface area contributed by atoms with Gasteiger partial charge in [0, 0.05) is 68.1 Å². The number of hydrogen-bond acceptors (Lipinski definition) is 6. The third-order valence-corrected chi connectivity index (χ3v) is 8.17. The first-order valence-electron chi connectivity index (χ1n) is 12.1. The lowest BCUT2D eigenvalue weighted by Gasteiger charge is -2.55. The maximum Gasteiger partial charge on any atom is 0.255 e. The summed E-state index contributed by atoms with van der Waals surface area (Å²) in [5, 5.41) is 2.38. The lowest BCUT2D eigenvalue weighted by Crippen LogP contribution is -2.60. The molecule has 3 saturated heterocycles. The van der Waals surface area contributed by atoms with Crippen LogP contribution in [0.4, 0.5) is 5.69 Å². The van der Waals surface area contributed by atoms with Crippen LogP contribution in [0.2, 0.25) is 0 Å². The molecule has 1 atom stereocenters. The Hall–Kier alpha value is -3.20. The smallest absolute Gasteiger partial charge is 0.255 e. The molecule has 1 N–H and O–H groups in total. The zero-order valence-electron chi connectivity index (χ0n) is 19.5. The molecular formula is C25H30N6O3. The van der Waals surface area contributed by atoms with Crippen molar-refractivity contribution in [2.24, 2.45) is 12.5 Å². The molecule has 9 nitrogen and oxygen atoms in total. The number of imide groups is 1. The van der Waals surface area contributed by atoms with Gasteiger partial charge in [-0.25, -0.2) is 4.98 Å². The van der Waals surface area contributed by atoms with E-state index in [4.69, 9.17) is 0 Å². The zero-order chi connectivity index (χ0) is 23.4. The summed E-state index contributed by atoms with van der Waals surface area (Å²) >= 11 is 0. The van der Waals surface area contributed by atoms with Gasteiger partial charge in [0.05, 0.1) is 12.0 Å². The monoisotopic (exact) mass is 462 g/mol. The Morgan fingerprint density at radius 1 is 1.15 bits per heavy atom. The topological polar surface area (TPSA) is 90.8 Å². The average Bonchev–Trinajstić information content (AvgIpc) is 3.36. The number of fused-ring (bicyclic) bond motifs is 1. The number of aromatic nitrogens is 2. The lowest BCUT2D eigenvalue weighted by atomic mass is 9.71. The summed E-state index contributed by atoms with van der Waals surface area (Å²) in [5.74, 6) is -0.729. The van der Waals surface area contributed by atoms with Crippen LogP contribution in [0.3, 0.4) is 0 Å². The third kappa shape index (κ3) is 3.50. The highest BCUT2D eigenvalue weighted by molar-refractivity contribution is 6.06. The molecule has 0 aliphatic carbocycles. The fourth-order valence-corrected chi connectivity index (χ4v) is 6.07. The molecule has 3 fully saturated rings. The molecule has 1 spiro atoms. The summed E-state index contributed by atoms with van der Waals surface area (Å²) in [6.07, 6.45) is 6.83. The molecule has 3 amide bonds. The molecule has 1 aromatic heterocycles. The highest BCUT2D eigenvalue weighted by Gasteiger charge is 2.47. The van der Waals surface area contributed by atoms with E-state index >= 15 is 0 Å². The van der Waals surface area contributed by atoms with Crippen LogP contribution in [-0.4, -0.2) is 69.3 Å². The molecule has 2 aromatic rings. The van der Waals surface area contributed by atoms with E-state index in [-0.39, 0.29) is 24.1 Å². The number of benzene rings is 1. The molecule has 34 heavy (non-hydrogen) atoms. The van der Waals surface area contributed by atoms with E-state index in [2.05, 4.69) is 30.7 Å². The Morgan fingerprint density at radius 2 is 1.94 bits per heavy atom. The predicted molar refractivity (Wildman–Crippen MR) is 125 cm³/mol. The van der Waals surface area contributed by atoms with E-state index in [0.717, 1.165) is 44.0 Å². The molecule has 0 saturated carbocycles. The number of imidazole rings is 1. The molecule has 0 radical (unpaired) electrons. The SMILES string of the molecule is Cn1cncc1CN1CCC2(CC1)CN(c1cccc3c1CN(C1CCC(=O)NC1=O)C3=O)C2. The van der Waals surface area contributed by atoms with Crippen LogP contribution in [-0.2, 0) is 29.7 Å². The van der Waals surface area contributed by atoms with E-state index < -0.39 is 6.04 Å². The summed E-state index contributed by atoms with van der Waals surface area (Å²) in [4.78, 5) is 47.8. The van der Waals surface area contributed by atoms with E-state index in [0.29, 0.717) is 23.9 Å². The second kappa shape index (κ2) is 7.94. The van der Waals surface area contributed by atoms with Crippen LogP contribution >= 0.6 is 0 Å². The quantitative estimate of drug-likeness (QED) is 0.689. The first-order valence-corrected chi connectivity index (χ1v) is 12.1. The highest BCUT2D eigenvalue weighted by atomic mass is 16.2. The number of aryl methyl sites for hydroxylation is 1. The predicted octanol–water partition coefficient (Wildman–Crippen LogP) is 1.28. The van der Waals surface area contributed by atoms with Crippen molar-refractivity contribution < 1.29 is 14.4 Å². The van der Waals surface area contributed by atoms with Gasteiger partial charge in [-0.05, 0) is 44.5 Å². The number of rotatable bonds is 4. The number of anilines is 1. The molecule has 4 aliphatic rings. The standard InChI is InChI=1S/C25H30N6O3/c1-28-16-26-11-17(28)12-29-9-7-25(8-10-29)14-30(15-25)20-4-2-3-18-19(20)13-31(24(18)34)21-5-6-22(32)27-23(21)33/h2-4,11,16,21H,5-10,12-15H2,1H3,(H,27,32,33). The minimum atomic E-state index is -0.572. The van der Waals surface area contributed by atoms with Crippen molar-refractivity contribution in [2.75, 3.05) is 31.1 Å². The molecule has 4 aliphatic heterocycles. The second-order valence-corrected chi connectivity index (χ2v) is 10.3. The lowest BCUT2D eigenvalue weighted by molar-refractivity contribution is -0.136. The summed E-state index contributed by atoms with van der Waals surface area (Å²) in [5.41, 5.74) is 4.41. The number of carbonyl (C=O) groups excluding carboxylic acids is 3. The van der Waals surface area contributed by atoms with Crippen LogP contribution < -0.4 is 10.2 Å². The first kappa shape index (κ1) is 21.3. The third-order valence-electron chi connectivity index (χ3n) is 8.17. The number of nitrogens with zero attached hydrogens (tertiary/aromatic N) is 5. The Labute approximate surface area is 198 Å². The van der Waals surface area contributed by atoms with E-state index in [1.54, 1.807) is 4.90 Å². The number of hydrogen-bond donors (Lipinski definition) is 1. The van der Waals surface area contributed by atoms with Crippen LogP contribution in [0.25, 0.3) is 0 Å². The van der Waals surface area contributed by atoms with Crippen molar-refractivity contribution >= 4 is 23.4 Å². The van der Waals surface area contributed by atoms with Gasteiger partial charge in [-0.2, -0.15) is 0 Å². The van der Waals surface area contributed by atoms with Gasteiger partial charge in [0.25, 0.3) is 5.91 Å². The second-order valence-electron chi connectivity index (χ2n) is 10.3. The van der Waals surface area contributed by atoms with Gasteiger partial charge in [0.1, 0.15) is 6.04 Å². The van der Waals surface area contributed by atoms with Crippen LogP contribution in [0.1, 0.15) is 47.3 Å². The van der Waals surface area contributed by atoms with Gasteiger partial charge < -0.3 is 14.4 Å². The normalized spacial score (nSPS) is 24.4. The summed E-state index contributed by atoms with van der Waals surface area (Å²) in [6, 6.07) is 5.34. The number of nitrogens with one attached hydrogen (secondary N) is 1. The fourth-order valence-electron chi connectivity index (χ4n) is 6.07. The van der Waals surface area contributed by atoms with Crippen LogP contribution in [0.5, 0.6) is 0 Å².